The molecule has 1 heterocycles. The summed E-state index contributed by atoms with van der Waals surface area (Å²) in [7, 11) is 0. The monoisotopic (exact) mass is 297 g/mol. The standard InChI is InChI=1S/C17H12FNO3/c18-13-6-4-11(5-7-13)12-3-1-2-10(8-12)9-14-15(20)17(22)19-16(14)21/h1-8H,9H2,(H2,19,20,21,22). The van der Waals surface area contributed by atoms with E-state index in [0.29, 0.717) is 0 Å². The molecule has 2 aromatic rings. The maximum absolute atomic E-state index is 13.0. The number of amides is 2. The molecule has 0 fully saturated rings. The Bertz CT molecular complexity index is 794. The molecule has 2 amide bonds. The minimum absolute atomic E-state index is 0.0567. The summed E-state index contributed by atoms with van der Waals surface area (Å²) in [6.45, 7) is 0. The van der Waals surface area contributed by atoms with Crippen LogP contribution >= 0.6 is 0 Å². The van der Waals surface area contributed by atoms with E-state index in [1.807, 2.05) is 17.4 Å². The molecule has 5 heteroatoms. The average molecular weight is 297 g/mol. The van der Waals surface area contributed by atoms with Crippen molar-refractivity contribution in [2.24, 2.45) is 0 Å². The first-order valence-corrected chi connectivity index (χ1v) is 6.67. The zero-order chi connectivity index (χ0) is 15.7. The number of hydrogen-bond acceptors (Lipinski definition) is 3. The number of benzene rings is 2. The number of rotatable bonds is 3. The third-order valence-electron chi connectivity index (χ3n) is 3.49. The minimum atomic E-state index is -0.769. The number of aliphatic hydroxyl groups excluding tert-OH is 1. The Kier molecular flexibility index (Phi) is 3.47. The highest BCUT2D eigenvalue weighted by Crippen LogP contribution is 2.23. The van der Waals surface area contributed by atoms with Gasteiger partial charge in [0.05, 0.1) is 5.57 Å². The van der Waals surface area contributed by atoms with Gasteiger partial charge in [-0.15, -0.1) is 0 Å². The second-order valence-electron chi connectivity index (χ2n) is 4.99. The molecule has 0 unspecified atom stereocenters. The van der Waals surface area contributed by atoms with Crippen LogP contribution in [0.3, 0.4) is 0 Å². The molecular formula is C17H12FNO3. The molecule has 0 saturated heterocycles. The highest BCUT2D eigenvalue weighted by molar-refractivity contribution is 6.18. The second kappa shape index (κ2) is 5.44. The fourth-order valence-electron chi connectivity index (χ4n) is 2.35. The van der Waals surface area contributed by atoms with E-state index in [1.54, 1.807) is 24.3 Å². The molecular weight excluding hydrogens is 285 g/mol. The van der Waals surface area contributed by atoms with Gasteiger partial charge < -0.3 is 5.11 Å². The van der Waals surface area contributed by atoms with Gasteiger partial charge in [-0.05, 0) is 28.8 Å². The van der Waals surface area contributed by atoms with Gasteiger partial charge in [0, 0.05) is 6.42 Å². The van der Waals surface area contributed by atoms with Gasteiger partial charge in [0.2, 0.25) is 0 Å². The first-order valence-electron chi connectivity index (χ1n) is 6.67. The van der Waals surface area contributed by atoms with Crippen LogP contribution in [-0.4, -0.2) is 16.9 Å². The summed E-state index contributed by atoms with van der Waals surface area (Å²) in [6.07, 6.45) is 0.151. The summed E-state index contributed by atoms with van der Waals surface area (Å²) < 4.78 is 13.0. The van der Waals surface area contributed by atoms with E-state index in [0.717, 1.165) is 16.7 Å². The van der Waals surface area contributed by atoms with Crippen LogP contribution < -0.4 is 5.32 Å². The van der Waals surface area contributed by atoms with Crippen LogP contribution in [0.4, 0.5) is 4.39 Å². The Balaban J connectivity index is 1.90. The van der Waals surface area contributed by atoms with E-state index in [1.165, 1.54) is 12.1 Å². The van der Waals surface area contributed by atoms with Crippen molar-refractivity contribution in [3.05, 3.63) is 71.2 Å². The van der Waals surface area contributed by atoms with Crippen molar-refractivity contribution < 1.29 is 19.1 Å². The Morgan fingerprint density at radius 2 is 1.68 bits per heavy atom. The van der Waals surface area contributed by atoms with E-state index >= 15 is 0 Å². The van der Waals surface area contributed by atoms with E-state index in [9.17, 15) is 19.1 Å². The SMILES string of the molecule is O=C1NC(=O)C(Cc2cccc(-c3ccc(F)cc3)c2)=C1O. The second-order valence-corrected chi connectivity index (χ2v) is 4.99. The maximum Gasteiger partial charge on any atom is 0.293 e. The Morgan fingerprint density at radius 3 is 2.32 bits per heavy atom. The Labute approximate surface area is 125 Å². The molecule has 0 atom stereocenters. The molecule has 3 rings (SSSR count). The first kappa shape index (κ1) is 14.0. The van der Waals surface area contributed by atoms with Crippen LogP contribution in [0.5, 0.6) is 0 Å². The lowest BCUT2D eigenvalue weighted by Crippen LogP contribution is -2.23. The summed E-state index contributed by atoms with van der Waals surface area (Å²) in [5, 5.41) is 11.7. The molecule has 4 nitrogen and oxygen atoms in total. The summed E-state index contributed by atoms with van der Waals surface area (Å²) in [5.41, 5.74) is 2.53. The smallest absolute Gasteiger partial charge is 0.293 e. The largest absolute Gasteiger partial charge is 0.503 e. The molecule has 0 bridgehead atoms. The van der Waals surface area contributed by atoms with E-state index in [4.69, 9.17) is 0 Å². The topological polar surface area (TPSA) is 66.4 Å². The van der Waals surface area contributed by atoms with Gasteiger partial charge in [-0.3, -0.25) is 14.9 Å². The van der Waals surface area contributed by atoms with Gasteiger partial charge in [-0.25, -0.2) is 4.39 Å². The lowest BCUT2D eigenvalue weighted by atomic mass is 9.99. The summed E-state index contributed by atoms with van der Waals surface area (Å²) in [4.78, 5) is 22.8. The molecule has 0 spiro atoms. The Morgan fingerprint density at radius 1 is 0.955 bits per heavy atom. The molecule has 2 N–H and O–H groups in total. The lowest BCUT2D eigenvalue weighted by molar-refractivity contribution is -0.125. The van der Waals surface area contributed by atoms with Crippen LogP contribution in [-0.2, 0) is 16.0 Å². The van der Waals surface area contributed by atoms with Crippen molar-refractivity contribution in [2.45, 2.75) is 6.42 Å². The highest BCUT2D eigenvalue weighted by Gasteiger charge is 2.29. The summed E-state index contributed by atoms with van der Waals surface area (Å²) >= 11 is 0. The van der Waals surface area contributed by atoms with Gasteiger partial charge in [-0.1, -0.05) is 36.4 Å². The van der Waals surface area contributed by atoms with E-state index in [2.05, 4.69) is 0 Å². The zero-order valence-corrected chi connectivity index (χ0v) is 11.5. The van der Waals surface area contributed by atoms with Crippen molar-refractivity contribution >= 4 is 11.8 Å². The minimum Gasteiger partial charge on any atom is -0.503 e. The predicted octanol–water partition coefficient (Wildman–Crippen LogP) is 2.50. The third-order valence-corrected chi connectivity index (χ3v) is 3.49. The quantitative estimate of drug-likeness (QED) is 0.855. The van der Waals surface area contributed by atoms with Crippen molar-refractivity contribution in [2.75, 3.05) is 0 Å². The molecule has 0 saturated carbocycles. The molecule has 0 aliphatic carbocycles. The number of aliphatic hydroxyl groups is 1. The first-order chi connectivity index (χ1) is 10.5. The molecule has 1 aliphatic heterocycles. The number of hydrogen-bond donors (Lipinski definition) is 2. The third kappa shape index (κ3) is 2.61. The lowest BCUT2D eigenvalue weighted by Gasteiger charge is -2.06. The number of carbonyl (C=O) groups excluding carboxylic acids is 2. The molecule has 22 heavy (non-hydrogen) atoms. The number of carbonyl (C=O) groups is 2. The fraction of sp³-hybridized carbons (Fsp3) is 0.0588. The maximum atomic E-state index is 13.0. The molecule has 110 valence electrons. The van der Waals surface area contributed by atoms with Crippen molar-refractivity contribution in [3.63, 3.8) is 0 Å². The van der Waals surface area contributed by atoms with E-state index in [-0.39, 0.29) is 17.8 Å². The zero-order valence-electron chi connectivity index (χ0n) is 11.5. The van der Waals surface area contributed by atoms with Gasteiger partial charge in [0.15, 0.2) is 5.76 Å². The van der Waals surface area contributed by atoms with Gasteiger partial charge in [0.1, 0.15) is 5.82 Å². The number of nitrogens with one attached hydrogen (secondary N) is 1. The predicted molar refractivity (Wildman–Crippen MR) is 78.3 cm³/mol. The summed E-state index contributed by atoms with van der Waals surface area (Å²) in [5.74, 6) is -2.18. The van der Waals surface area contributed by atoms with Gasteiger partial charge in [-0.2, -0.15) is 0 Å². The van der Waals surface area contributed by atoms with Gasteiger partial charge in [0.25, 0.3) is 11.8 Å². The number of imide groups is 1. The van der Waals surface area contributed by atoms with E-state index < -0.39 is 17.6 Å². The Hall–Kier alpha value is -2.95. The van der Waals surface area contributed by atoms with Crippen LogP contribution in [0.25, 0.3) is 11.1 Å². The normalized spacial score (nSPS) is 14.4. The molecule has 0 radical (unpaired) electrons. The molecule has 2 aromatic carbocycles. The average Bonchev–Trinajstić information content (AvgIpc) is 2.75. The van der Waals surface area contributed by atoms with Crippen molar-refractivity contribution in [3.8, 4) is 11.1 Å². The van der Waals surface area contributed by atoms with Crippen molar-refractivity contribution in [1.82, 2.24) is 5.32 Å². The van der Waals surface area contributed by atoms with Crippen LogP contribution in [0, 0.1) is 5.82 Å². The summed E-state index contributed by atoms with van der Waals surface area (Å²) in [6, 6.07) is 13.4. The fourth-order valence-corrected chi connectivity index (χ4v) is 2.35. The van der Waals surface area contributed by atoms with Crippen LogP contribution in [0.1, 0.15) is 5.56 Å². The van der Waals surface area contributed by atoms with Gasteiger partial charge >= 0.3 is 0 Å². The molecule has 0 aromatic heterocycles. The number of halogens is 1. The highest BCUT2D eigenvalue weighted by atomic mass is 19.1. The van der Waals surface area contributed by atoms with Crippen molar-refractivity contribution in [1.29, 1.82) is 0 Å². The van der Waals surface area contributed by atoms with Crippen LogP contribution in [0.15, 0.2) is 59.9 Å². The van der Waals surface area contributed by atoms with Crippen LogP contribution in [0.2, 0.25) is 0 Å². The molecule has 1 aliphatic rings.